The third kappa shape index (κ3) is 3.61. The summed E-state index contributed by atoms with van der Waals surface area (Å²) in [5.74, 6) is 1.40. The van der Waals surface area contributed by atoms with E-state index in [0.717, 1.165) is 16.8 Å². The topological polar surface area (TPSA) is 61.3 Å². The molecule has 1 heterocycles. The molecule has 0 saturated heterocycles. The minimum absolute atomic E-state index is 0.299. The Morgan fingerprint density at radius 2 is 2.31 bits per heavy atom. The summed E-state index contributed by atoms with van der Waals surface area (Å²) < 4.78 is 0.847. The molecule has 0 aliphatic carbocycles. The fraction of sp³-hybridized carbons (Fsp3) is 0.600. The molecule has 0 saturated carbocycles. The van der Waals surface area contributed by atoms with E-state index in [0.29, 0.717) is 12.4 Å². The van der Waals surface area contributed by atoms with Crippen molar-refractivity contribution in [3.63, 3.8) is 0 Å². The molecule has 5 nitrogen and oxygen atoms in total. The Labute approximate surface area is 104 Å². The van der Waals surface area contributed by atoms with Crippen molar-refractivity contribution >= 4 is 27.7 Å². The van der Waals surface area contributed by atoms with Gasteiger partial charge in [0.15, 0.2) is 0 Å². The summed E-state index contributed by atoms with van der Waals surface area (Å²) in [4.78, 5) is 10.4. The lowest BCUT2D eigenvalue weighted by molar-refractivity contribution is 0.187. The third-order valence-corrected chi connectivity index (χ3v) is 2.75. The fourth-order valence-electron chi connectivity index (χ4n) is 1.23. The van der Waals surface area contributed by atoms with Gasteiger partial charge in [-0.2, -0.15) is 4.98 Å². The SMILES string of the molecule is CNc1ncc(Br)c(N(C)CCC(C)O)n1. The van der Waals surface area contributed by atoms with Gasteiger partial charge < -0.3 is 15.3 Å². The second-order valence-corrected chi connectivity index (χ2v) is 4.53. The lowest BCUT2D eigenvalue weighted by atomic mass is 10.3. The van der Waals surface area contributed by atoms with Crippen molar-refractivity contribution in [1.29, 1.82) is 0 Å². The van der Waals surface area contributed by atoms with E-state index in [9.17, 15) is 5.11 Å². The Balaban J connectivity index is 2.76. The van der Waals surface area contributed by atoms with Crippen molar-refractivity contribution in [1.82, 2.24) is 9.97 Å². The molecule has 1 rings (SSSR count). The number of nitrogens with one attached hydrogen (secondary N) is 1. The van der Waals surface area contributed by atoms with Gasteiger partial charge in [0.05, 0.1) is 10.6 Å². The molecule has 0 spiro atoms. The first-order valence-corrected chi connectivity index (χ1v) is 5.93. The Bertz CT molecular complexity index is 346. The summed E-state index contributed by atoms with van der Waals surface area (Å²) >= 11 is 3.41. The van der Waals surface area contributed by atoms with Crippen molar-refractivity contribution < 1.29 is 5.11 Å². The van der Waals surface area contributed by atoms with Crippen LogP contribution in [-0.2, 0) is 0 Å². The van der Waals surface area contributed by atoms with E-state index in [1.54, 1.807) is 20.2 Å². The smallest absolute Gasteiger partial charge is 0.224 e. The fourth-order valence-corrected chi connectivity index (χ4v) is 1.73. The maximum absolute atomic E-state index is 9.23. The molecule has 0 amide bonds. The molecule has 1 aromatic heterocycles. The molecule has 1 aromatic rings. The highest BCUT2D eigenvalue weighted by Gasteiger charge is 2.10. The highest BCUT2D eigenvalue weighted by atomic mass is 79.9. The summed E-state index contributed by atoms with van der Waals surface area (Å²) in [7, 11) is 3.72. The molecule has 1 unspecified atom stereocenters. The highest BCUT2D eigenvalue weighted by molar-refractivity contribution is 9.10. The van der Waals surface area contributed by atoms with Crippen LogP contribution in [0.2, 0.25) is 0 Å². The van der Waals surface area contributed by atoms with Gasteiger partial charge in [-0.05, 0) is 29.3 Å². The monoisotopic (exact) mass is 288 g/mol. The van der Waals surface area contributed by atoms with Crippen molar-refractivity contribution in [3.8, 4) is 0 Å². The first kappa shape index (κ1) is 13.2. The maximum Gasteiger partial charge on any atom is 0.224 e. The number of hydrogen-bond acceptors (Lipinski definition) is 5. The Hall–Kier alpha value is -0.880. The van der Waals surface area contributed by atoms with Crippen LogP contribution in [0, 0.1) is 0 Å². The van der Waals surface area contributed by atoms with Crippen molar-refractivity contribution in [3.05, 3.63) is 10.7 Å². The molecular formula is C10H17BrN4O. The number of aliphatic hydroxyl groups excluding tert-OH is 1. The van der Waals surface area contributed by atoms with E-state index in [2.05, 4.69) is 31.2 Å². The molecule has 0 aromatic carbocycles. The number of anilines is 2. The molecule has 1 atom stereocenters. The van der Waals surface area contributed by atoms with Gasteiger partial charge in [0.2, 0.25) is 5.95 Å². The van der Waals surface area contributed by atoms with Gasteiger partial charge in [0.1, 0.15) is 5.82 Å². The zero-order valence-corrected chi connectivity index (χ0v) is 11.3. The Morgan fingerprint density at radius 1 is 1.62 bits per heavy atom. The first-order valence-electron chi connectivity index (χ1n) is 5.14. The van der Waals surface area contributed by atoms with Crippen LogP contribution in [0.25, 0.3) is 0 Å². The average molecular weight is 289 g/mol. The van der Waals surface area contributed by atoms with Crippen LogP contribution < -0.4 is 10.2 Å². The van der Waals surface area contributed by atoms with Gasteiger partial charge in [-0.3, -0.25) is 0 Å². The zero-order chi connectivity index (χ0) is 12.1. The van der Waals surface area contributed by atoms with Crippen LogP contribution in [0.5, 0.6) is 0 Å². The summed E-state index contributed by atoms with van der Waals surface area (Å²) in [5.41, 5.74) is 0. The number of aliphatic hydroxyl groups is 1. The lowest BCUT2D eigenvalue weighted by Crippen LogP contribution is -2.23. The quantitative estimate of drug-likeness (QED) is 0.860. The third-order valence-electron chi connectivity index (χ3n) is 2.19. The molecule has 0 aliphatic heterocycles. The Morgan fingerprint density at radius 3 is 2.88 bits per heavy atom. The average Bonchev–Trinajstić information content (AvgIpc) is 2.26. The normalized spacial score (nSPS) is 12.3. The predicted molar refractivity (Wildman–Crippen MR) is 68.8 cm³/mol. The van der Waals surface area contributed by atoms with Crippen LogP contribution in [0.1, 0.15) is 13.3 Å². The standard InChI is InChI=1S/C10H17BrN4O/c1-7(16)4-5-15(3)9-8(11)6-13-10(12-2)14-9/h6-7,16H,4-5H2,1-3H3,(H,12,13,14). The van der Waals surface area contributed by atoms with Crippen LogP contribution in [0.15, 0.2) is 10.7 Å². The molecule has 0 aliphatic rings. The maximum atomic E-state index is 9.23. The van der Waals surface area contributed by atoms with Gasteiger partial charge in [-0.15, -0.1) is 0 Å². The van der Waals surface area contributed by atoms with E-state index in [1.165, 1.54) is 0 Å². The van der Waals surface area contributed by atoms with Gasteiger partial charge in [0, 0.05) is 26.8 Å². The van der Waals surface area contributed by atoms with E-state index < -0.39 is 0 Å². The zero-order valence-electron chi connectivity index (χ0n) is 9.74. The largest absolute Gasteiger partial charge is 0.393 e. The summed E-state index contributed by atoms with van der Waals surface area (Å²) in [6.07, 6.45) is 2.13. The minimum Gasteiger partial charge on any atom is -0.393 e. The molecule has 0 fully saturated rings. The van der Waals surface area contributed by atoms with Crippen molar-refractivity contribution in [2.45, 2.75) is 19.4 Å². The summed E-state index contributed by atoms with van der Waals surface area (Å²) in [6, 6.07) is 0. The van der Waals surface area contributed by atoms with E-state index in [1.807, 2.05) is 11.9 Å². The predicted octanol–water partition coefficient (Wildman–Crippen LogP) is 1.49. The molecule has 0 radical (unpaired) electrons. The lowest BCUT2D eigenvalue weighted by Gasteiger charge is -2.20. The van der Waals surface area contributed by atoms with E-state index >= 15 is 0 Å². The van der Waals surface area contributed by atoms with Crippen LogP contribution in [-0.4, -0.2) is 41.8 Å². The summed E-state index contributed by atoms with van der Waals surface area (Å²) in [6.45, 7) is 2.53. The van der Waals surface area contributed by atoms with Gasteiger partial charge in [0.25, 0.3) is 0 Å². The number of nitrogens with zero attached hydrogens (tertiary/aromatic N) is 3. The van der Waals surface area contributed by atoms with Crippen molar-refractivity contribution in [2.24, 2.45) is 0 Å². The molecule has 90 valence electrons. The molecule has 16 heavy (non-hydrogen) atoms. The Kier molecular flexibility index (Phi) is 4.95. The van der Waals surface area contributed by atoms with Gasteiger partial charge in [-0.25, -0.2) is 4.98 Å². The molecular weight excluding hydrogens is 272 g/mol. The van der Waals surface area contributed by atoms with E-state index in [-0.39, 0.29) is 6.10 Å². The van der Waals surface area contributed by atoms with Gasteiger partial charge in [-0.1, -0.05) is 0 Å². The van der Waals surface area contributed by atoms with Crippen LogP contribution in [0.3, 0.4) is 0 Å². The van der Waals surface area contributed by atoms with E-state index in [4.69, 9.17) is 0 Å². The molecule has 2 N–H and O–H groups in total. The second-order valence-electron chi connectivity index (χ2n) is 3.67. The number of halogens is 1. The van der Waals surface area contributed by atoms with Crippen molar-refractivity contribution in [2.75, 3.05) is 30.9 Å². The second kappa shape index (κ2) is 6.00. The number of aromatic nitrogens is 2. The molecule has 0 bridgehead atoms. The number of hydrogen-bond donors (Lipinski definition) is 2. The molecule has 6 heteroatoms. The highest BCUT2D eigenvalue weighted by Crippen LogP contribution is 2.23. The summed E-state index contributed by atoms with van der Waals surface area (Å²) in [5, 5.41) is 12.1. The minimum atomic E-state index is -0.299. The van der Waals surface area contributed by atoms with Crippen LogP contribution >= 0.6 is 15.9 Å². The van der Waals surface area contributed by atoms with Gasteiger partial charge >= 0.3 is 0 Å². The van der Waals surface area contributed by atoms with Crippen LogP contribution in [0.4, 0.5) is 11.8 Å². The first-order chi connectivity index (χ1) is 7.54. The number of rotatable bonds is 5.